The number of rotatable bonds is 8. The second kappa shape index (κ2) is 9.15. The van der Waals surface area contributed by atoms with Crippen molar-refractivity contribution in [2.24, 2.45) is 0 Å². The molecule has 0 aliphatic carbocycles. The van der Waals surface area contributed by atoms with Crippen LogP contribution in [0.1, 0.15) is 24.0 Å². The number of thiophene rings is 1. The van der Waals surface area contributed by atoms with E-state index in [9.17, 15) is 13.2 Å². The highest BCUT2D eigenvalue weighted by Crippen LogP contribution is 2.33. The third-order valence-electron chi connectivity index (χ3n) is 5.09. The molecular formula is C20H26N2O5S2. The Hall–Kier alpha value is -2.10. The third kappa shape index (κ3) is 4.73. The molecule has 0 radical (unpaired) electrons. The van der Waals surface area contributed by atoms with Gasteiger partial charge >= 0.3 is 0 Å². The first-order chi connectivity index (χ1) is 13.9. The van der Waals surface area contributed by atoms with Gasteiger partial charge in [0.2, 0.25) is 5.91 Å². The molecule has 0 fully saturated rings. The lowest BCUT2D eigenvalue weighted by molar-refractivity contribution is -0.132. The van der Waals surface area contributed by atoms with Crippen LogP contribution in [0.4, 0.5) is 0 Å². The Kier molecular flexibility index (Phi) is 6.81. The minimum atomic E-state index is -3.47. The lowest BCUT2D eigenvalue weighted by Gasteiger charge is -2.30. The van der Waals surface area contributed by atoms with Gasteiger partial charge in [0.1, 0.15) is 4.21 Å². The van der Waals surface area contributed by atoms with Crippen molar-refractivity contribution in [1.29, 1.82) is 0 Å². The van der Waals surface area contributed by atoms with Crippen molar-refractivity contribution < 1.29 is 22.7 Å². The summed E-state index contributed by atoms with van der Waals surface area (Å²) in [6.45, 7) is 1.48. The van der Waals surface area contributed by atoms with Crippen LogP contribution in [0.25, 0.3) is 0 Å². The van der Waals surface area contributed by atoms with Crippen LogP contribution in [-0.2, 0) is 27.8 Å². The second-order valence-corrected chi connectivity index (χ2v) is 10.1. The Morgan fingerprint density at radius 1 is 1.21 bits per heavy atom. The molecular weight excluding hydrogens is 412 g/mol. The molecule has 1 amide bonds. The Bertz CT molecular complexity index is 958. The summed E-state index contributed by atoms with van der Waals surface area (Å²) in [7, 11) is 1.28. The molecule has 1 aromatic carbocycles. The highest BCUT2D eigenvalue weighted by molar-refractivity contribution is 7.91. The SMILES string of the molecule is COc1cc2c(cc1OC)CN(C(=O)CCCN(C)S(=O)(=O)c1cccs1)CC2. The summed E-state index contributed by atoms with van der Waals surface area (Å²) in [6, 6.07) is 7.21. The molecule has 0 saturated heterocycles. The third-order valence-corrected chi connectivity index (χ3v) is 8.32. The number of hydrogen-bond donors (Lipinski definition) is 0. The molecule has 29 heavy (non-hydrogen) atoms. The van der Waals surface area contributed by atoms with Crippen LogP contribution in [0, 0.1) is 0 Å². The number of amides is 1. The highest BCUT2D eigenvalue weighted by atomic mass is 32.2. The fourth-order valence-corrected chi connectivity index (χ4v) is 5.80. The predicted molar refractivity (Wildman–Crippen MR) is 112 cm³/mol. The first-order valence-corrected chi connectivity index (χ1v) is 11.7. The first kappa shape index (κ1) is 21.6. The van der Waals surface area contributed by atoms with Crippen molar-refractivity contribution in [2.75, 3.05) is 34.4 Å². The van der Waals surface area contributed by atoms with Gasteiger partial charge in [0.25, 0.3) is 10.0 Å². The van der Waals surface area contributed by atoms with E-state index >= 15 is 0 Å². The van der Waals surface area contributed by atoms with Gasteiger partial charge in [0.05, 0.1) is 14.2 Å². The highest BCUT2D eigenvalue weighted by Gasteiger charge is 2.24. The van der Waals surface area contributed by atoms with Crippen molar-refractivity contribution in [3.8, 4) is 11.5 Å². The lowest BCUT2D eigenvalue weighted by atomic mass is 9.98. The van der Waals surface area contributed by atoms with Gasteiger partial charge in [-0.25, -0.2) is 12.7 Å². The van der Waals surface area contributed by atoms with Gasteiger partial charge in [-0.15, -0.1) is 11.3 Å². The van der Waals surface area contributed by atoms with Crippen LogP contribution < -0.4 is 9.47 Å². The molecule has 0 atom stereocenters. The fourth-order valence-electron chi connectivity index (χ4n) is 3.39. The number of fused-ring (bicyclic) bond motifs is 1. The second-order valence-electron chi connectivity index (χ2n) is 6.90. The van der Waals surface area contributed by atoms with Crippen LogP contribution in [0.5, 0.6) is 11.5 Å². The van der Waals surface area contributed by atoms with E-state index in [0.717, 1.165) is 17.5 Å². The average molecular weight is 439 g/mol. The molecule has 0 bridgehead atoms. The van der Waals surface area contributed by atoms with E-state index in [1.807, 2.05) is 17.0 Å². The number of sulfonamides is 1. The van der Waals surface area contributed by atoms with Crippen molar-refractivity contribution in [3.05, 3.63) is 40.8 Å². The maximum absolute atomic E-state index is 12.6. The number of carbonyl (C=O) groups is 1. The van der Waals surface area contributed by atoms with Gasteiger partial charge < -0.3 is 14.4 Å². The number of ether oxygens (including phenoxy) is 2. The summed E-state index contributed by atoms with van der Waals surface area (Å²) in [5, 5.41) is 1.74. The molecule has 1 aliphatic heterocycles. The van der Waals surface area contributed by atoms with Crippen LogP contribution in [0.15, 0.2) is 33.9 Å². The van der Waals surface area contributed by atoms with Crippen LogP contribution >= 0.6 is 11.3 Å². The van der Waals surface area contributed by atoms with Gasteiger partial charge in [0, 0.05) is 33.1 Å². The van der Waals surface area contributed by atoms with Crippen molar-refractivity contribution in [2.45, 2.75) is 30.0 Å². The molecule has 2 aromatic rings. The Balaban J connectivity index is 1.56. The molecule has 158 valence electrons. The first-order valence-electron chi connectivity index (χ1n) is 9.38. The maximum Gasteiger partial charge on any atom is 0.252 e. The van der Waals surface area contributed by atoms with E-state index in [4.69, 9.17) is 9.47 Å². The standard InChI is InChI=1S/C20H26N2O5S2/c1-21(29(24,25)20-7-5-11-28-20)9-4-6-19(23)22-10-8-15-12-17(26-2)18(27-3)13-16(15)14-22/h5,7,11-13H,4,6,8-10,14H2,1-3H3. The summed E-state index contributed by atoms with van der Waals surface area (Å²) >= 11 is 1.20. The summed E-state index contributed by atoms with van der Waals surface area (Å²) in [5.41, 5.74) is 2.22. The minimum absolute atomic E-state index is 0.0346. The molecule has 3 rings (SSSR count). The zero-order chi connectivity index (χ0) is 21.0. The van der Waals surface area contributed by atoms with E-state index in [-0.39, 0.29) is 5.91 Å². The molecule has 1 aromatic heterocycles. The summed E-state index contributed by atoms with van der Waals surface area (Å²) in [6.07, 6.45) is 1.55. The van der Waals surface area contributed by atoms with Crippen LogP contribution in [0.3, 0.4) is 0 Å². The quantitative estimate of drug-likeness (QED) is 0.633. The van der Waals surface area contributed by atoms with Gasteiger partial charge in [-0.2, -0.15) is 0 Å². The molecule has 0 unspecified atom stereocenters. The Morgan fingerprint density at radius 2 is 1.90 bits per heavy atom. The molecule has 7 nitrogen and oxygen atoms in total. The topological polar surface area (TPSA) is 76.2 Å². The molecule has 9 heteroatoms. The summed E-state index contributed by atoms with van der Waals surface area (Å²) in [5.74, 6) is 1.38. The van der Waals surface area contributed by atoms with E-state index in [2.05, 4.69) is 0 Å². The van der Waals surface area contributed by atoms with Crippen LogP contribution in [0.2, 0.25) is 0 Å². The predicted octanol–water partition coefficient (Wildman–Crippen LogP) is 2.75. The molecule has 2 heterocycles. The summed E-state index contributed by atoms with van der Waals surface area (Å²) < 4.78 is 37.2. The molecule has 0 saturated carbocycles. The average Bonchev–Trinajstić information content (AvgIpc) is 3.27. The zero-order valence-corrected chi connectivity index (χ0v) is 18.5. The van der Waals surface area contributed by atoms with Crippen molar-refractivity contribution >= 4 is 27.3 Å². The lowest BCUT2D eigenvalue weighted by Crippen LogP contribution is -2.36. The molecule has 0 N–H and O–H groups in total. The smallest absolute Gasteiger partial charge is 0.252 e. The maximum atomic E-state index is 12.6. The van der Waals surface area contributed by atoms with Gasteiger partial charge in [-0.1, -0.05) is 6.07 Å². The van der Waals surface area contributed by atoms with Gasteiger partial charge in [0.15, 0.2) is 11.5 Å². The fraction of sp³-hybridized carbons (Fsp3) is 0.450. The number of benzene rings is 1. The van der Waals surface area contributed by atoms with Gasteiger partial charge in [-0.3, -0.25) is 4.79 Å². The van der Waals surface area contributed by atoms with E-state index in [1.165, 1.54) is 15.6 Å². The zero-order valence-electron chi connectivity index (χ0n) is 16.9. The number of hydrogen-bond acceptors (Lipinski definition) is 6. The van der Waals surface area contributed by atoms with E-state index in [0.29, 0.717) is 48.2 Å². The van der Waals surface area contributed by atoms with Crippen LogP contribution in [-0.4, -0.2) is 57.9 Å². The van der Waals surface area contributed by atoms with E-state index in [1.54, 1.807) is 38.8 Å². The minimum Gasteiger partial charge on any atom is -0.493 e. The summed E-state index contributed by atoms with van der Waals surface area (Å²) in [4.78, 5) is 14.5. The number of carbonyl (C=O) groups excluding carboxylic acids is 1. The van der Waals surface area contributed by atoms with Gasteiger partial charge in [-0.05, 0) is 47.5 Å². The van der Waals surface area contributed by atoms with Crippen molar-refractivity contribution in [1.82, 2.24) is 9.21 Å². The number of methoxy groups -OCH3 is 2. The monoisotopic (exact) mass is 438 g/mol. The largest absolute Gasteiger partial charge is 0.493 e. The van der Waals surface area contributed by atoms with E-state index < -0.39 is 10.0 Å². The molecule has 0 spiro atoms. The Labute approximate surface area is 175 Å². The molecule has 1 aliphatic rings. The number of nitrogens with zero attached hydrogens (tertiary/aromatic N) is 2. The normalized spacial score (nSPS) is 14.0. The van der Waals surface area contributed by atoms with Crippen molar-refractivity contribution in [3.63, 3.8) is 0 Å². The Morgan fingerprint density at radius 3 is 2.52 bits per heavy atom.